The Labute approximate surface area is 79.3 Å². The van der Waals surface area contributed by atoms with Crippen LogP contribution in [0, 0.1) is 0 Å². The van der Waals surface area contributed by atoms with Gasteiger partial charge in [-0.05, 0) is 0 Å². The lowest BCUT2D eigenvalue weighted by atomic mass is 10.5. The summed E-state index contributed by atoms with van der Waals surface area (Å²) in [5, 5.41) is 0. The number of quaternary nitrogens is 1. The highest BCUT2D eigenvalue weighted by atomic mass is 32.3. The molecular weight excluding hydrogens is 198 g/mol. The number of rotatable bonds is 3. The van der Waals surface area contributed by atoms with Crippen LogP contribution in [-0.2, 0) is 15.1 Å². The van der Waals surface area contributed by atoms with Crippen molar-refractivity contribution in [2.24, 2.45) is 0 Å². The minimum Gasteiger partial charge on any atom is -0.379 e. The quantitative estimate of drug-likeness (QED) is 0.499. The second kappa shape index (κ2) is 6.28. The molecule has 0 aliphatic heterocycles. The van der Waals surface area contributed by atoms with Crippen molar-refractivity contribution in [3.8, 4) is 0 Å². The largest absolute Gasteiger partial charge is 0.394 e. The molecule has 6 nitrogen and oxygen atoms in total. The first-order valence-electron chi connectivity index (χ1n) is 3.55. The predicted molar refractivity (Wildman–Crippen MR) is 49.0 cm³/mol. The third-order valence-corrected chi connectivity index (χ3v) is 0.966. The Morgan fingerprint density at radius 2 is 1.54 bits per heavy atom. The van der Waals surface area contributed by atoms with Gasteiger partial charge in [0.05, 0.1) is 27.7 Å². The van der Waals surface area contributed by atoms with Crippen molar-refractivity contribution in [1.82, 2.24) is 0 Å². The summed E-state index contributed by atoms with van der Waals surface area (Å²) in [6.45, 7) is 1.93. The van der Waals surface area contributed by atoms with Gasteiger partial charge in [0.15, 0.2) is 0 Å². The van der Waals surface area contributed by atoms with E-state index in [9.17, 15) is 0 Å². The van der Waals surface area contributed by atoms with Gasteiger partial charge < -0.3 is 9.22 Å². The molecule has 0 aliphatic rings. The zero-order valence-electron chi connectivity index (χ0n) is 8.39. The summed E-state index contributed by atoms with van der Waals surface area (Å²) in [6.07, 6.45) is 0. The van der Waals surface area contributed by atoms with Crippen molar-refractivity contribution in [3.63, 3.8) is 0 Å². The van der Waals surface area contributed by atoms with Crippen LogP contribution in [0.3, 0.4) is 0 Å². The molecule has 0 aromatic carbocycles. The van der Waals surface area contributed by atoms with E-state index in [1.807, 2.05) is 0 Å². The maximum atomic E-state index is 8.74. The molecule has 0 rings (SSSR count). The molecule has 0 atom stereocenters. The van der Waals surface area contributed by atoms with E-state index < -0.39 is 10.4 Å². The van der Waals surface area contributed by atoms with Crippen molar-refractivity contribution < 1.29 is 26.7 Å². The molecule has 0 saturated carbocycles. The normalized spacial score (nSPS) is 11.8. The average molecular weight is 216 g/mol. The van der Waals surface area contributed by atoms with Gasteiger partial charge in [0, 0.05) is 7.11 Å². The minimum atomic E-state index is -4.67. The number of methoxy groups -OCH3 is 1. The monoisotopic (exact) mass is 216 g/mol. The van der Waals surface area contributed by atoms with Crippen LogP contribution in [0.4, 0.5) is 0 Å². The van der Waals surface area contributed by atoms with Gasteiger partial charge in [-0.3, -0.25) is 9.11 Å². The summed E-state index contributed by atoms with van der Waals surface area (Å²) in [5.74, 6) is 0. The fourth-order valence-electron chi connectivity index (χ4n) is 0.365. The minimum absolute atomic E-state index is 0.851. The van der Waals surface area contributed by atoms with Crippen LogP contribution >= 0.6 is 0 Å². The van der Waals surface area contributed by atoms with Gasteiger partial charge in [-0.2, -0.15) is 8.42 Å². The van der Waals surface area contributed by atoms with E-state index >= 15 is 0 Å². The van der Waals surface area contributed by atoms with Crippen molar-refractivity contribution >= 4 is 10.4 Å². The molecule has 0 unspecified atom stereocenters. The van der Waals surface area contributed by atoms with E-state index in [1.165, 1.54) is 0 Å². The first-order chi connectivity index (χ1) is 5.56. The number of ether oxygens (including phenoxy) is 1. The Hall–Kier alpha value is -0.210. The number of nitrogens with zero attached hydrogens (tertiary/aromatic N) is 1. The van der Waals surface area contributed by atoms with Crippen LogP contribution in [-0.4, -0.2) is 63.4 Å². The van der Waals surface area contributed by atoms with Gasteiger partial charge in [-0.25, -0.2) is 0 Å². The Balaban J connectivity index is 0. The zero-order chi connectivity index (χ0) is 11.1. The summed E-state index contributed by atoms with van der Waals surface area (Å²) >= 11 is 0. The zero-order valence-corrected chi connectivity index (χ0v) is 9.21. The summed E-state index contributed by atoms with van der Waals surface area (Å²) in [5.41, 5.74) is 0. The number of hydrogen-bond acceptors (Lipinski definition) is 3. The van der Waals surface area contributed by atoms with Gasteiger partial charge in [-0.1, -0.05) is 0 Å². The van der Waals surface area contributed by atoms with E-state index in [1.54, 1.807) is 7.11 Å². The van der Waals surface area contributed by atoms with E-state index in [0.29, 0.717) is 0 Å². The molecular formula is C6H18NO5S+. The summed E-state index contributed by atoms with van der Waals surface area (Å²) in [6, 6.07) is 0. The van der Waals surface area contributed by atoms with Crippen LogP contribution in [0.1, 0.15) is 0 Å². The average Bonchev–Trinajstić information content (AvgIpc) is 1.77. The number of likely N-dealkylation sites (N-methyl/N-ethyl adjacent to an activating group) is 1. The second-order valence-corrected chi connectivity index (χ2v) is 4.35. The maximum Gasteiger partial charge on any atom is 0.394 e. The summed E-state index contributed by atoms with van der Waals surface area (Å²) < 4.78 is 37.5. The van der Waals surface area contributed by atoms with Crippen molar-refractivity contribution in [2.75, 3.05) is 41.4 Å². The predicted octanol–water partition coefficient (Wildman–Crippen LogP) is -0.314. The van der Waals surface area contributed by atoms with Crippen LogP contribution in [0.15, 0.2) is 0 Å². The molecule has 0 spiro atoms. The lowest BCUT2D eigenvalue weighted by molar-refractivity contribution is -0.870. The first-order valence-corrected chi connectivity index (χ1v) is 4.95. The summed E-state index contributed by atoms with van der Waals surface area (Å²) in [4.78, 5) is 0. The van der Waals surface area contributed by atoms with Crippen LogP contribution in [0.25, 0.3) is 0 Å². The van der Waals surface area contributed by atoms with Crippen molar-refractivity contribution in [1.29, 1.82) is 0 Å². The molecule has 0 fully saturated rings. The fraction of sp³-hybridized carbons (Fsp3) is 1.00. The highest BCUT2D eigenvalue weighted by Crippen LogP contribution is 1.87. The molecule has 13 heavy (non-hydrogen) atoms. The Morgan fingerprint density at radius 3 is 1.62 bits per heavy atom. The van der Waals surface area contributed by atoms with Crippen LogP contribution < -0.4 is 0 Å². The van der Waals surface area contributed by atoms with Crippen molar-refractivity contribution in [3.05, 3.63) is 0 Å². The molecule has 7 heteroatoms. The Kier molecular flexibility index (Phi) is 7.37. The lowest BCUT2D eigenvalue weighted by Crippen LogP contribution is -2.37. The molecule has 2 N–H and O–H groups in total. The van der Waals surface area contributed by atoms with Gasteiger partial charge in [0.25, 0.3) is 0 Å². The number of hydrogen-bond donors (Lipinski definition) is 2. The molecule has 0 aliphatic carbocycles. The van der Waals surface area contributed by atoms with Gasteiger partial charge >= 0.3 is 10.4 Å². The van der Waals surface area contributed by atoms with Gasteiger partial charge in [0.2, 0.25) is 0 Å². The third-order valence-electron chi connectivity index (χ3n) is 0.966. The molecule has 0 heterocycles. The molecule has 82 valence electrons. The molecule has 0 aromatic heterocycles. The summed E-state index contributed by atoms with van der Waals surface area (Å²) in [7, 11) is 3.52. The molecule has 0 bridgehead atoms. The molecule has 0 radical (unpaired) electrons. The second-order valence-electron chi connectivity index (χ2n) is 3.45. The highest BCUT2D eigenvalue weighted by molar-refractivity contribution is 7.79. The smallest absolute Gasteiger partial charge is 0.379 e. The van der Waals surface area contributed by atoms with Crippen LogP contribution in [0.2, 0.25) is 0 Å². The topological polar surface area (TPSA) is 83.8 Å². The van der Waals surface area contributed by atoms with E-state index in [2.05, 4.69) is 21.1 Å². The van der Waals surface area contributed by atoms with E-state index in [0.717, 1.165) is 17.6 Å². The standard InChI is InChI=1S/C6H16NO.H2O4S/c1-7(2,3)5-6-8-4;1-5(2,3)4/h5-6H2,1-4H3;(H2,1,2,3,4)/q+1;. The Bertz CT molecular complexity index is 198. The maximum absolute atomic E-state index is 8.74. The van der Waals surface area contributed by atoms with Crippen LogP contribution in [0.5, 0.6) is 0 Å². The lowest BCUT2D eigenvalue weighted by Gasteiger charge is -2.22. The van der Waals surface area contributed by atoms with Gasteiger partial charge in [0.1, 0.15) is 6.54 Å². The first kappa shape index (κ1) is 15.3. The third kappa shape index (κ3) is 49.3. The Morgan fingerprint density at radius 1 is 1.23 bits per heavy atom. The molecule has 0 amide bonds. The van der Waals surface area contributed by atoms with Crippen molar-refractivity contribution in [2.45, 2.75) is 0 Å². The van der Waals surface area contributed by atoms with Gasteiger partial charge in [-0.15, -0.1) is 0 Å². The van der Waals surface area contributed by atoms with E-state index in [4.69, 9.17) is 22.3 Å². The molecule has 0 aromatic rings. The highest BCUT2D eigenvalue weighted by Gasteiger charge is 2.03. The van der Waals surface area contributed by atoms with E-state index in [-0.39, 0.29) is 0 Å². The SMILES string of the molecule is COCC[N+](C)(C)C.O=S(=O)(O)O. The molecule has 0 saturated heterocycles. The fourth-order valence-corrected chi connectivity index (χ4v) is 0.365.